The minimum Gasteiger partial charge on any atom is -0.308 e. The second kappa shape index (κ2) is 5.13. The molecule has 0 aliphatic carbocycles. The number of urea groups is 1. The molecule has 0 saturated carbocycles. The minimum atomic E-state index is -0.380. The first-order valence-electron chi connectivity index (χ1n) is 5.33. The smallest absolute Gasteiger partial charge is 0.308 e. The summed E-state index contributed by atoms with van der Waals surface area (Å²) < 4.78 is 0. The Morgan fingerprint density at radius 2 is 1.83 bits per heavy atom. The Balaban J connectivity index is 1.97. The van der Waals surface area contributed by atoms with E-state index in [4.69, 9.17) is 0 Å². The van der Waals surface area contributed by atoms with E-state index in [9.17, 15) is 9.59 Å². The molecule has 0 spiro atoms. The molecule has 0 bridgehead atoms. The highest BCUT2D eigenvalue weighted by Crippen LogP contribution is 2.10. The Hall–Kier alpha value is -2.63. The molecule has 0 aliphatic heterocycles. The molecule has 1 heterocycles. The monoisotopic (exact) mass is 244 g/mol. The lowest BCUT2D eigenvalue weighted by atomic mass is 10.1. The number of nitrogens with one attached hydrogen (secondary N) is 3. The third-order valence-corrected chi connectivity index (χ3v) is 2.30. The lowest BCUT2D eigenvalue weighted by Gasteiger charge is -2.06. The predicted octanol–water partition coefficient (Wildman–Crippen LogP) is 2.26. The first-order chi connectivity index (χ1) is 8.65. The van der Waals surface area contributed by atoms with Gasteiger partial charge in [-0.15, -0.1) is 0 Å². The fourth-order valence-electron chi connectivity index (χ4n) is 1.40. The van der Waals surface area contributed by atoms with Crippen LogP contribution in [0, 0.1) is 0 Å². The van der Waals surface area contributed by atoms with E-state index in [1.54, 1.807) is 30.3 Å². The fourth-order valence-corrected chi connectivity index (χ4v) is 1.40. The van der Waals surface area contributed by atoms with Crippen molar-refractivity contribution >= 4 is 23.3 Å². The Kier molecular flexibility index (Phi) is 3.38. The molecule has 1 aromatic carbocycles. The summed E-state index contributed by atoms with van der Waals surface area (Å²) in [5.41, 5.74) is 1.21. The maximum absolute atomic E-state index is 11.6. The quantitative estimate of drug-likeness (QED) is 0.724. The fraction of sp³-hybridized carbons (Fsp3) is 0.0833. The van der Waals surface area contributed by atoms with Crippen LogP contribution in [0.2, 0.25) is 0 Å². The molecule has 0 atom stereocenters. The number of benzene rings is 1. The third-order valence-electron chi connectivity index (χ3n) is 2.30. The molecule has 0 unspecified atom stereocenters. The topological polar surface area (TPSA) is 86.9 Å². The van der Waals surface area contributed by atoms with Crippen molar-refractivity contribution in [1.82, 2.24) is 10.2 Å². The molecule has 2 rings (SSSR count). The van der Waals surface area contributed by atoms with Crippen molar-refractivity contribution < 1.29 is 9.59 Å². The first kappa shape index (κ1) is 11.8. The number of nitrogens with zero attached hydrogens (tertiary/aromatic N) is 1. The highest BCUT2D eigenvalue weighted by Gasteiger charge is 2.04. The number of ketones is 1. The van der Waals surface area contributed by atoms with Crippen LogP contribution in [0.4, 0.5) is 16.3 Å². The van der Waals surface area contributed by atoms with Crippen LogP contribution in [-0.2, 0) is 0 Å². The van der Waals surface area contributed by atoms with Gasteiger partial charge in [-0.25, -0.2) is 4.79 Å². The number of aromatic amines is 1. The van der Waals surface area contributed by atoms with Crippen LogP contribution >= 0.6 is 0 Å². The van der Waals surface area contributed by atoms with Crippen molar-refractivity contribution in [2.75, 3.05) is 10.6 Å². The van der Waals surface area contributed by atoms with E-state index in [1.807, 2.05) is 0 Å². The van der Waals surface area contributed by atoms with Crippen LogP contribution in [0.1, 0.15) is 17.3 Å². The van der Waals surface area contributed by atoms with Crippen molar-refractivity contribution in [3.05, 3.63) is 42.1 Å². The van der Waals surface area contributed by atoms with E-state index >= 15 is 0 Å². The maximum atomic E-state index is 11.6. The summed E-state index contributed by atoms with van der Waals surface area (Å²) in [5.74, 6) is 0.497. The van der Waals surface area contributed by atoms with E-state index in [2.05, 4.69) is 20.8 Å². The predicted molar refractivity (Wildman–Crippen MR) is 67.7 cm³/mol. The van der Waals surface area contributed by atoms with Crippen LogP contribution in [0.5, 0.6) is 0 Å². The van der Waals surface area contributed by atoms with Crippen molar-refractivity contribution in [2.45, 2.75) is 6.92 Å². The standard InChI is InChI=1S/C12H12N4O2/c1-8(17)9-2-4-10(5-3-9)14-12(18)15-11-6-7-13-16-11/h2-7H,1H3,(H3,13,14,15,16,18). The van der Waals surface area contributed by atoms with Gasteiger partial charge in [0.15, 0.2) is 5.78 Å². The van der Waals surface area contributed by atoms with Gasteiger partial charge in [0.25, 0.3) is 0 Å². The third kappa shape index (κ3) is 2.94. The summed E-state index contributed by atoms with van der Waals surface area (Å²) in [4.78, 5) is 22.6. The normalized spacial score (nSPS) is 9.83. The van der Waals surface area contributed by atoms with Crippen molar-refractivity contribution in [1.29, 1.82) is 0 Å². The lowest BCUT2D eigenvalue weighted by Crippen LogP contribution is -2.19. The Morgan fingerprint density at radius 3 is 2.39 bits per heavy atom. The number of carbonyl (C=O) groups excluding carboxylic acids is 2. The Bertz CT molecular complexity index is 546. The van der Waals surface area contributed by atoms with Gasteiger partial charge in [-0.05, 0) is 31.2 Å². The SMILES string of the molecule is CC(=O)c1ccc(NC(=O)Nc2ccn[nH]2)cc1. The van der Waals surface area contributed by atoms with E-state index in [0.717, 1.165) is 0 Å². The average Bonchev–Trinajstić information content (AvgIpc) is 2.82. The number of amides is 2. The van der Waals surface area contributed by atoms with Gasteiger partial charge in [-0.3, -0.25) is 15.2 Å². The second-order valence-corrected chi connectivity index (χ2v) is 3.68. The molecule has 3 N–H and O–H groups in total. The summed E-state index contributed by atoms with van der Waals surface area (Å²) in [6, 6.07) is 7.92. The van der Waals surface area contributed by atoms with Gasteiger partial charge in [0.1, 0.15) is 5.82 Å². The summed E-state index contributed by atoms with van der Waals surface area (Å²) in [7, 11) is 0. The van der Waals surface area contributed by atoms with Crippen LogP contribution < -0.4 is 10.6 Å². The summed E-state index contributed by atoms with van der Waals surface area (Å²) >= 11 is 0. The number of anilines is 2. The van der Waals surface area contributed by atoms with E-state index in [0.29, 0.717) is 17.1 Å². The molecule has 6 heteroatoms. The van der Waals surface area contributed by atoms with Crippen LogP contribution in [0.3, 0.4) is 0 Å². The molecule has 0 radical (unpaired) electrons. The molecule has 18 heavy (non-hydrogen) atoms. The number of rotatable bonds is 3. The van der Waals surface area contributed by atoms with Gasteiger partial charge in [-0.2, -0.15) is 5.10 Å². The molecule has 0 fully saturated rings. The zero-order valence-electron chi connectivity index (χ0n) is 9.73. The number of Topliss-reactive ketones (excluding diaryl/α,β-unsaturated/α-hetero) is 1. The highest BCUT2D eigenvalue weighted by molar-refractivity contribution is 5.99. The Morgan fingerprint density at radius 1 is 1.11 bits per heavy atom. The Labute approximate surface area is 103 Å². The van der Waals surface area contributed by atoms with Gasteiger partial charge >= 0.3 is 6.03 Å². The molecule has 1 aromatic heterocycles. The number of aromatic nitrogens is 2. The highest BCUT2D eigenvalue weighted by atomic mass is 16.2. The van der Waals surface area contributed by atoms with Crippen LogP contribution in [0.15, 0.2) is 36.5 Å². The van der Waals surface area contributed by atoms with Crippen LogP contribution in [-0.4, -0.2) is 22.0 Å². The van der Waals surface area contributed by atoms with Gasteiger partial charge in [0.05, 0.1) is 6.20 Å². The second-order valence-electron chi connectivity index (χ2n) is 3.68. The number of H-pyrrole nitrogens is 1. The summed E-state index contributed by atoms with van der Waals surface area (Å²) in [6.07, 6.45) is 1.54. The molecule has 0 saturated heterocycles. The number of hydrogen-bond donors (Lipinski definition) is 3. The minimum absolute atomic E-state index is 0.0107. The van der Waals surface area contributed by atoms with Crippen LogP contribution in [0.25, 0.3) is 0 Å². The molecule has 2 aromatic rings. The van der Waals surface area contributed by atoms with Crippen molar-refractivity contribution in [3.8, 4) is 0 Å². The van der Waals surface area contributed by atoms with Gasteiger partial charge in [0, 0.05) is 17.3 Å². The summed E-state index contributed by atoms with van der Waals surface area (Å²) in [5, 5.41) is 11.5. The molecule has 6 nitrogen and oxygen atoms in total. The van der Waals surface area contributed by atoms with Crippen molar-refractivity contribution in [3.63, 3.8) is 0 Å². The van der Waals surface area contributed by atoms with Crippen molar-refractivity contribution in [2.24, 2.45) is 0 Å². The maximum Gasteiger partial charge on any atom is 0.324 e. The average molecular weight is 244 g/mol. The molecule has 0 aliphatic rings. The summed E-state index contributed by atoms with van der Waals surface area (Å²) in [6.45, 7) is 1.49. The van der Waals surface area contributed by atoms with E-state index < -0.39 is 0 Å². The zero-order valence-corrected chi connectivity index (χ0v) is 9.73. The number of carbonyl (C=O) groups is 2. The number of hydrogen-bond acceptors (Lipinski definition) is 3. The van der Waals surface area contributed by atoms with Gasteiger partial charge in [0.2, 0.25) is 0 Å². The lowest BCUT2D eigenvalue weighted by molar-refractivity contribution is 0.101. The first-order valence-corrected chi connectivity index (χ1v) is 5.33. The largest absolute Gasteiger partial charge is 0.324 e. The van der Waals surface area contributed by atoms with E-state index in [1.165, 1.54) is 13.1 Å². The molecule has 92 valence electrons. The van der Waals surface area contributed by atoms with E-state index in [-0.39, 0.29) is 11.8 Å². The molecular weight excluding hydrogens is 232 g/mol. The molecular formula is C12H12N4O2. The zero-order chi connectivity index (χ0) is 13.0. The molecule has 2 amide bonds. The van der Waals surface area contributed by atoms with Gasteiger partial charge in [-0.1, -0.05) is 0 Å². The van der Waals surface area contributed by atoms with Gasteiger partial charge < -0.3 is 5.32 Å².